The molecule has 0 radical (unpaired) electrons. The quantitative estimate of drug-likeness (QED) is 0.159. The molecule has 1 aliphatic carbocycles. The van der Waals surface area contributed by atoms with Crippen LogP contribution in [0.15, 0.2) is 17.3 Å². The molecule has 0 aromatic carbocycles. The molecule has 4 nitrogen and oxygen atoms in total. The van der Waals surface area contributed by atoms with Crippen LogP contribution in [0.5, 0.6) is 0 Å². The zero-order chi connectivity index (χ0) is 12.7. The molecule has 4 N–H and O–H groups in total. The minimum absolute atomic E-state index is 0.205. The van der Waals surface area contributed by atoms with E-state index in [2.05, 4.69) is 22.6 Å². The van der Waals surface area contributed by atoms with Gasteiger partial charge in [-0.2, -0.15) is 0 Å². The molecule has 0 unspecified atom stereocenters. The summed E-state index contributed by atoms with van der Waals surface area (Å²) in [5.74, 6) is 0.324. The van der Waals surface area contributed by atoms with E-state index in [1.165, 1.54) is 0 Å². The van der Waals surface area contributed by atoms with E-state index in [4.69, 9.17) is 10.9 Å². The van der Waals surface area contributed by atoms with Crippen LogP contribution in [0.4, 0.5) is 0 Å². The highest BCUT2D eigenvalue weighted by Gasteiger charge is 2.22. The van der Waals surface area contributed by atoms with Crippen LogP contribution in [-0.2, 0) is 0 Å². The molecule has 0 amide bonds. The highest BCUT2D eigenvalue weighted by atomic mass is 16.4. The highest BCUT2D eigenvalue weighted by molar-refractivity contribution is 5.85. The van der Waals surface area contributed by atoms with Gasteiger partial charge in [-0.25, -0.2) is 0 Å². The lowest BCUT2D eigenvalue weighted by Crippen LogP contribution is -2.32. The minimum atomic E-state index is -0.205. The third-order valence-electron chi connectivity index (χ3n) is 3.47. The van der Waals surface area contributed by atoms with Crippen LogP contribution in [-0.4, -0.2) is 23.6 Å². The second kappa shape index (κ2) is 6.64. The van der Waals surface area contributed by atoms with Crippen molar-refractivity contribution in [2.24, 2.45) is 16.3 Å². The molecule has 0 aliphatic heterocycles. The summed E-state index contributed by atoms with van der Waals surface area (Å²) >= 11 is 0. The zero-order valence-corrected chi connectivity index (χ0v) is 10.9. The number of unbranched alkanes of at least 4 members (excludes halogenated alkanes) is 1. The highest BCUT2D eigenvalue weighted by Crippen LogP contribution is 2.23. The molecule has 98 valence electrons. The Kier molecular flexibility index (Phi) is 5.48. The van der Waals surface area contributed by atoms with Crippen LogP contribution in [0.1, 0.15) is 46.0 Å². The van der Waals surface area contributed by atoms with Crippen LogP contribution >= 0.6 is 0 Å². The number of amidine groups is 1. The number of nitrogens with one attached hydrogen (secondary N) is 1. The van der Waals surface area contributed by atoms with Crippen molar-refractivity contribution in [2.45, 2.75) is 52.0 Å². The van der Waals surface area contributed by atoms with E-state index < -0.39 is 0 Å². The summed E-state index contributed by atoms with van der Waals surface area (Å²) in [7, 11) is 0. The van der Waals surface area contributed by atoms with E-state index >= 15 is 0 Å². The van der Waals surface area contributed by atoms with Gasteiger partial charge in [0.25, 0.3) is 0 Å². The van der Waals surface area contributed by atoms with Gasteiger partial charge in [0.05, 0.1) is 0 Å². The topological polar surface area (TPSA) is 70.6 Å². The summed E-state index contributed by atoms with van der Waals surface area (Å²) in [6, 6.07) is 0.645. The Morgan fingerprint density at radius 2 is 2.06 bits per heavy atom. The molecule has 0 saturated heterocycles. The molecule has 0 fully saturated rings. The SMILES string of the molecule is CC(C)(CCCCNC1CC=CC1)/C(N)=N/O. The van der Waals surface area contributed by atoms with Gasteiger partial charge in [0, 0.05) is 11.5 Å². The predicted molar refractivity (Wildman–Crippen MR) is 71.2 cm³/mol. The summed E-state index contributed by atoms with van der Waals surface area (Å²) < 4.78 is 0. The van der Waals surface area contributed by atoms with Gasteiger partial charge in [-0.1, -0.05) is 37.6 Å². The molecule has 1 aliphatic rings. The maximum absolute atomic E-state index is 8.66. The molecular weight excluding hydrogens is 214 g/mol. The first-order chi connectivity index (χ1) is 8.06. The van der Waals surface area contributed by atoms with Crippen molar-refractivity contribution in [2.75, 3.05) is 6.54 Å². The number of nitrogens with two attached hydrogens (primary N) is 1. The predicted octanol–water partition coefficient (Wildman–Crippen LogP) is 2.24. The van der Waals surface area contributed by atoms with E-state index in [0.29, 0.717) is 11.9 Å². The zero-order valence-electron chi connectivity index (χ0n) is 10.9. The first-order valence-corrected chi connectivity index (χ1v) is 6.42. The van der Waals surface area contributed by atoms with Crippen molar-refractivity contribution >= 4 is 5.84 Å². The average molecular weight is 239 g/mol. The van der Waals surface area contributed by atoms with E-state index in [1.54, 1.807) is 0 Å². The molecule has 0 atom stereocenters. The van der Waals surface area contributed by atoms with Gasteiger partial charge in [0.2, 0.25) is 0 Å². The van der Waals surface area contributed by atoms with Crippen LogP contribution in [0.2, 0.25) is 0 Å². The second-order valence-corrected chi connectivity index (χ2v) is 5.42. The number of oxime groups is 1. The number of hydrogen-bond acceptors (Lipinski definition) is 3. The number of rotatable bonds is 7. The molecule has 17 heavy (non-hydrogen) atoms. The van der Waals surface area contributed by atoms with Gasteiger partial charge >= 0.3 is 0 Å². The molecule has 4 heteroatoms. The van der Waals surface area contributed by atoms with Crippen molar-refractivity contribution in [1.82, 2.24) is 5.32 Å². The lowest BCUT2D eigenvalue weighted by Gasteiger charge is -2.22. The molecular formula is C13H25N3O. The maximum atomic E-state index is 8.66. The Morgan fingerprint density at radius 1 is 1.41 bits per heavy atom. The fourth-order valence-corrected chi connectivity index (χ4v) is 2.05. The first kappa shape index (κ1) is 14.0. The summed E-state index contributed by atoms with van der Waals surface area (Å²) in [6.07, 6.45) is 9.98. The van der Waals surface area contributed by atoms with Crippen LogP contribution < -0.4 is 11.1 Å². The normalized spacial score (nSPS) is 17.9. The summed E-state index contributed by atoms with van der Waals surface area (Å²) in [5.41, 5.74) is 5.44. The maximum Gasteiger partial charge on any atom is 0.144 e. The van der Waals surface area contributed by atoms with E-state index in [0.717, 1.165) is 38.6 Å². The van der Waals surface area contributed by atoms with Crippen molar-refractivity contribution in [3.63, 3.8) is 0 Å². The van der Waals surface area contributed by atoms with E-state index in [-0.39, 0.29) is 5.41 Å². The lowest BCUT2D eigenvalue weighted by atomic mass is 9.86. The summed E-state index contributed by atoms with van der Waals surface area (Å²) in [5, 5.41) is 15.3. The van der Waals surface area contributed by atoms with Crippen molar-refractivity contribution in [3.05, 3.63) is 12.2 Å². The van der Waals surface area contributed by atoms with Crippen molar-refractivity contribution in [3.8, 4) is 0 Å². The third-order valence-corrected chi connectivity index (χ3v) is 3.47. The number of nitrogens with zero attached hydrogens (tertiary/aromatic N) is 1. The van der Waals surface area contributed by atoms with Gasteiger partial charge in [-0.05, 0) is 32.2 Å². The molecule has 0 aromatic rings. The minimum Gasteiger partial charge on any atom is -0.409 e. The number of hydrogen-bond donors (Lipinski definition) is 3. The first-order valence-electron chi connectivity index (χ1n) is 6.42. The average Bonchev–Trinajstić information content (AvgIpc) is 2.80. The fourth-order valence-electron chi connectivity index (χ4n) is 2.05. The van der Waals surface area contributed by atoms with Gasteiger partial charge in [0.15, 0.2) is 0 Å². The summed E-state index contributed by atoms with van der Waals surface area (Å²) in [4.78, 5) is 0. The Hall–Kier alpha value is -1.03. The van der Waals surface area contributed by atoms with Crippen molar-refractivity contribution in [1.29, 1.82) is 0 Å². The summed E-state index contributed by atoms with van der Waals surface area (Å²) in [6.45, 7) is 5.07. The third kappa shape index (κ3) is 4.77. The smallest absolute Gasteiger partial charge is 0.144 e. The Labute approximate surface area is 104 Å². The van der Waals surface area contributed by atoms with Crippen molar-refractivity contribution < 1.29 is 5.21 Å². The molecule has 0 bridgehead atoms. The standard InChI is InChI=1S/C13H25N3O/c1-13(2,12(14)16-17)9-5-6-10-15-11-7-3-4-8-11/h3-4,11,15,17H,5-10H2,1-2H3,(H2,14,16). The second-order valence-electron chi connectivity index (χ2n) is 5.42. The molecule has 1 rings (SSSR count). The molecule has 0 heterocycles. The van der Waals surface area contributed by atoms with Crippen LogP contribution in [0.25, 0.3) is 0 Å². The Morgan fingerprint density at radius 3 is 2.65 bits per heavy atom. The van der Waals surface area contributed by atoms with E-state index in [9.17, 15) is 0 Å². The largest absolute Gasteiger partial charge is 0.409 e. The van der Waals surface area contributed by atoms with E-state index in [1.807, 2.05) is 13.8 Å². The van der Waals surface area contributed by atoms with Gasteiger partial charge in [-0.15, -0.1) is 0 Å². The van der Waals surface area contributed by atoms with Crippen LogP contribution in [0, 0.1) is 5.41 Å². The van der Waals surface area contributed by atoms with Crippen LogP contribution in [0.3, 0.4) is 0 Å². The van der Waals surface area contributed by atoms with Gasteiger partial charge in [-0.3, -0.25) is 0 Å². The monoisotopic (exact) mass is 239 g/mol. The fraction of sp³-hybridized carbons (Fsp3) is 0.769. The van der Waals surface area contributed by atoms with Gasteiger partial charge in [0.1, 0.15) is 5.84 Å². The molecule has 0 aromatic heterocycles. The Balaban J connectivity index is 2.07. The lowest BCUT2D eigenvalue weighted by molar-refractivity contribution is 0.304. The molecule has 0 spiro atoms. The Bertz CT molecular complexity index is 276. The molecule has 0 saturated carbocycles. The van der Waals surface area contributed by atoms with Gasteiger partial charge < -0.3 is 16.3 Å².